The van der Waals surface area contributed by atoms with E-state index >= 15 is 0 Å². The monoisotopic (exact) mass is 219 g/mol. The van der Waals surface area contributed by atoms with E-state index in [2.05, 4.69) is 11.8 Å². The maximum Gasteiger partial charge on any atom is 0.336 e. The van der Waals surface area contributed by atoms with Gasteiger partial charge in [0.05, 0.1) is 5.56 Å². The molecule has 0 amide bonds. The Morgan fingerprint density at radius 2 is 2.31 bits per heavy atom. The molecule has 0 radical (unpaired) electrons. The van der Waals surface area contributed by atoms with Gasteiger partial charge >= 0.3 is 5.97 Å². The van der Waals surface area contributed by atoms with Gasteiger partial charge in [0.2, 0.25) is 0 Å². The summed E-state index contributed by atoms with van der Waals surface area (Å²) in [4.78, 5) is 13.4. The number of carboxylic acids is 1. The molecule has 0 aliphatic carbocycles. The minimum atomic E-state index is -0.810. The lowest BCUT2D eigenvalue weighted by Gasteiger charge is -2.31. The van der Waals surface area contributed by atoms with Crippen LogP contribution < -0.4 is 4.90 Å². The first-order valence-electron chi connectivity index (χ1n) is 5.84. The SMILES string of the molecule is CCCN1CCCc2c(C(=O)O)cccc21. The summed E-state index contributed by atoms with van der Waals surface area (Å²) in [5.41, 5.74) is 2.60. The number of hydrogen-bond acceptors (Lipinski definition) is 2. The Morgan fingerprint density at radius 3 is 3.00 bits per heavy atom. The van der Waals surface area contributed by atoms with Gasteiger partial charge in [-0.05, 0) is 37.0 Å². The fourth-order valence-electron chi connectivity index (χ4n) is 2.40. The van der Waals surface area contributed by atoms with Crippen molar-refractivity contribution in [2.75, 3.05) is 18.0 Å². The standard InChI is InChI=1S/C13H17NO2/c1-2-8-14-9-4-6-10-11(13(15)16)5-3-7-12(10)14/h3,5,7H,2,4,6,8-9H2,1H3,(H,15,16). The van der Waals surface area contributed by atoms with Gasteiger partial charge in [0.25, 0.3) is 0 Å². The zero-order chi connectivity index (χ0) is 11.5. The molecule has 1 aromatic carbocycles. The minimum absolute atomic E-state index is 0.471. The predicted molar refractivity (Wildman–Crippen MR) is 64.2 cm³/mol. The normalized spacial score (nSPS) is 14.7. The number of carbonyl (C=O) groups is 1. The quantitative estimate of drug-likeness (QED) is 0.849. The Balaban J connectivity index is 2.42. The second-order valence-electron chi connectivity index (χ2n) is 4.20. The highest BCUT2D eigenvalue weighted by atomic mass is 16.4. The molecule has 1 aliphatic heterocycles. The molecule has 0 saturated carbocycles. The van der Waals surface area contributed by atoms with E-state index in [0.717, 1.165) is 43.6 Å². The van der Waals surface area contributed by atoms with Crippen molar-refractivity contribution in [1.29, 1.82) is 0 Å². The fourth-order valence-corrected chi connectivity index (χ4v) is 2.40. The molecule has 0 bridgehead atoms. The lowest BCUT2D eigenvalue weighted by Crippen LogP contribution is -2.30. The minimum Gasteiger partial charge on any atom is -0.478 e. The second kappa shape index (κ2) is 4.56. The van der Waals surface area contributed by atoms with Crippen molar-refractivity contribution < 1.29 is 9.90 Å². The van der Waals surface area contributed by atoms with Crippen LogP contribution >= 0.6 is 0 Å². The number of anilines is 1. The lowest BCUT2D eigenvalue weighted by atomic mass is 9.96. The summed E-state index contributed by atoms with van der Waals surface area (Å²) in [6, 6.07) is 5.59. The number of hydrogen-bond donors (Lipinski definition) is 1. The summed E-state index contributed by atoms with van der Waals surface area (Å²) in [6.07, 6.45) is 3.03. The smallest absolute Gasteiger partial charge is 0.336 e. The van der Waals surface area contributed by atoms with Crippen molar-refractivity contribution in [2.24, 2.45) is 0 Å². The summed E-state index contributed by atoms with van der Waals surface area (Å²) < 4.78 is 0. The number of rotatable bonds is 3. The number of carboxylic acid groups (broad SMARTS) is 1. The summed E-state index contributed by atoms with van der Waals surface area (Å²) >= 11 is 0. The zero-order valence-corrected chi connectivity index (χ0v) is 9.57. The van der Waals surface area contributed by atoms with Crippen LogP contribution in [0.2, 0.25) is 0 Å². The van der Waals surface area contributed by atoms with E-state index in [9.17, 15) is 4.79 Å². The Morgan fingerprint density at radius 1 is 1.50 bits per heavy atom. The van der Waals surface area contributed by atoms with E-state index in [0.29, 0.717) is 5.56 Å². The molecule has 1 N–H and O–H groups in total. The van der Waals surface area contributed by atoms with Gasteiger partial charge in [0.15, 0.2) is 0 Å². The van der Waals surface area contributed by atoms with Gasteiger partial charge < -0.3 is 10.0 Å². The number of fused-ring (bicyclic) bond motifs is 1. The van der Waals surface area contributed by atoms with Gasteiger partial charge in [-0.15, -0.1) is 0 Å². The average molecular weight is 219 g/mol. The van der Waals surface area contributed by atoms with Crippen molar-refractivity contribution in [3.63, 3.8) is 0 Å². The lowest BCUT2D eigenvalue weighted by molar-refractivity contribution is 0.0695. The van der Waals surface area contributed by atoms with E-state index < -0.39 is 5.97 Å². The highest BCUT2D eigenvalue weighted by Crippen LogP contribution is 2.29. The molecule has 1 aromatic rings. The third kappa shape index (κ3) is 1.90. The van der Waals surface area contributed by atoms with Gasteiger partial charge in [0.1, 0.15) is 0 Å². The largest absolute Gasteiger partial charge is 0.478 e. The maximum atomic E-state index is 11.1. The molecule has 16 heavy (non-hydrogen) atoms. The number of aromatic carboxylic acids is 1. The molecule has 0 spiro atoms. The van der Waals surface area contributed by atoms with Crippen LogP contribution in [0.25, 0.3) is 0 Å². The molecule has 0 aromatic heterocycles. The van der Waals surface area contributed by atoms with Crippen LogP contribution in [0.1, 0.15) is 35.7 Å². The van der Waals surface area contributed by atoms with Crippen molar-refractivity contribution in [1.82, 2.24) is 0 Å². The summed E-state index contributed by atoms with van der Waals surface area (Å²) in [6.45, 7) is 4.20. The molecular formula is C13H17NO2. The van der Waals surface area contributed by atoms with Gasteiger partial charge in [-0.3, -0.25) is 0 Å². The molecule has 3 nitrogen and oxygen atoms in total. The van der Waals surface area contributed by atoms with E-state index in [1.165, 1.54) is 0 Å². The number of benzene rings is 1. The van der Waals surface area contributed by atoms with Gasteiger partial charge in [0, 0.05) is 18.8 Å². The van der Waals surface area contributed by atoms with Crippen LogP contribution in [-0.4, -0.2) is 24.2 Å². The average Bonchev–Trinajstić information content (AvgIpc) is 2.29. The number of nitrogens with zero attached hydrogens (tertiary/aromatic N) is 1. The van der Waals surface area contributed by atoms with Crippen LogP contribution in [0.4, 0.5) is 5.69 Å². The molecule has 0 atom stereocenters. The predicted octanol–water partition coefficient (Wildman–Crippen LogP) is 2.55. The molecule has 1 heterocycles. The summed E-state index contributed by atoms with van der Waals surface area (Å²) in [5.74, 6) is -0.810. The first-order valence-corrected chi connectivity index (χ1v) is 5.84. The Bertz CT molecular complexity index is 401. The zero-order valence-electron chi connectivity index (χ0n) is 9.57. The van der Waals surface area contributed by atoms with E-state index in [1.54, 1.807) is 6.07 Å². The van der Waals surface area contributed by atoms with Crippen LogP contribution in [0.15, 0.2) is 18.2 Å². The Kier molecular flexibility index (Phi) is 3.13. The summed E-state index contributed by atoms with van der Waals surface area (Å²) in [5, 5.41) is 9.14. The van der Waals surface area contributed by atoms with E-state index in [-0.39, 0.29) is 0 Å². The van der Waals surface area contributed by atoms with Crippen molar-refractivity contribution in [3.05, 3.63) is 29.3 Å². The molecule has 0 unspecified atom stereocenters. The molecule has 3 heteroatoms. The third-order valence-electron chi connectivity index (χ3n) is 3.07. The third-order valence-corrected chi connectivity index (χ3v) is 3.07. The molecule has 2 rings (SSSR count). The Labute approximate surface area is 95.7 Å². The van der Waals surface area contributed by atoms with Crippen molar-refractivity contribution in [2.45, 2.75) is 26.2 Å². The molecule has 1 aliphatic rings. The van der Waals surface area contributed by atoms with Gasteiger partial charge in [-0.25, -0.2) is 4.79 Å². The molecule has 86 valence electrons. The van der Waals surface area contributed by atoms with Crippen LogP contribution in [0.5, 0.6) is 0 Å². The molecule has 0 saturated heterocycles. The van der Waals surface area contributed by atoms with Crippen molar-refractivity contribution in [3.8, 4) is 0 Å². The first-order chi connectivity index (χ1) is 7.74. The first kappa shape index (κ1) is 11.0. The fraction of sp³-hybridized carbons (Fsp3) is 0.462. The molecular weight excluding hydrogens is 202 g/mol. The van der Waals surface area contributed by atoms with Crippen molar-refractivity contribution >= 4 is 11.7 Å². The second-order valence-corrected chi connectivity index (χ2v) is 4.20. The Hall–Kier alpha value is -1.51. The van der Waals surface area contributed by atoms with Crippen LogP contribution in [0.3, 0.4) is 0 Å². The maximum absolute atomic E-state index is 11.1. The van der Waals surface area contributed by atoms with E-state index in [4.69, 9.17) is 5.11 Å². The highest BCUT2D eigenvalue weighted by Gasteiger charge is 2.20. The summed E-state index contributed by atoms with van der Waals surface area (Å²) in [7, 11) is 0. The van der Waals surface area contributed by atoms with Gasteiger partial charge in [-0.1, -0.05) is 13.0 Å². The van der Waals surface area contributed by atoms with E-state index in [1.807, 2.05) is 12.1 Å². The highest BCUT2D eigenvalue weighted by molar-refractivity contribution is 5.91. The van der Waals surface area contributed by atoms with Gasteiger partial charge in [-0.2, -0.15) is 0 Å². The molecule has 0 fully saturated rings. The van der Waals surface area contributed by atoms with Crippen LogP contribution in [-0.2, 0) is 6.42 Å². The van der Waals surface area contributed by atoms with Crippen LogP contribution in [0, 0.1) is 0 Å². The topological polar surface area (TPSA) is 40.5 Å².